The molecule has 1 aliphatic rings. The predicted octanol–water partition coefficient (Wildman–Crippen LogP) is 3.34. The number of ketones is 1. The van der Waals surface area contributed by atoms with Gasteiger partial charge in [-0.3, -0.25) is 4.79 Å². The van der Waals surface area contributed by atoms with Gasteiger partial charge in [-0.2, -0.15) is 0 Å². The van der Waals surface area contributed by atoms with E-state index in [1.54, 1.807) is 18.2 Å². The summed E-state index contributed by atoms with van der Waals surface area (Å²) in [6.07, 6.45) is 0. The Morgan fingerprint density at radius 1 is 1.12 bits per heavy atom. The quantitative estimate of drug-likeness (QED) is 0.492. The van der Waals surface area contributed by atoms with Gasteiger partial charge in [0.25, 0.3) is 0 Å². The summed E-state index contributed by atoms with van der Waals surface area (Å²) >= 11 is 1.39. The molecule has 0 bridgehead atoms. The molecular weight excluding hydrogens is 350 g/mol. The van der Waals surface area contributed by atoms with E-state index in [0.29, 0.717) is 23.6 Å². The molecule has 0 N–H and O–H groups in total. The molecule has 0 fully saturated rings. The third-order valence-electron chi connectivity index (χ3n) is 4.11. The van der Waals surface area contributed by atoms with Crippen molar-refractivity contribution in [2.75, 3.05) is 12.5 Å². The van der Waals surface area contributed by atoms with Gasteiger partial charge in [0.05, 0.1) is 12.3 Å². The molecule has 2 aromatic carbocycles. The van der Waals surface area contributed by atoms with Crippen LogP contribution in [0.4, 0.5) is 0 Å². The van der Waals surface area contributed by atoms with Gasteiger partial charge in [-0.05, 0) is 30.7 Å². The fourth-order valence-electron chi connectivity index (χ4n) is 2.70. The molecule has 6 nitrogen and oxygen atoms in total. The Bertz CT molecular complexity index is 940. The fraction of sp³-hybridized carbons (Fsp3) is 0.211. The Kier molecular flexibility index (Phi) is 4.62. The first-order valence-corrected chi connectivity index (χ1v) is 9.18. The van der Waals surface area contributed by atoms with E-state index in [4.69, 9.17) is 9.47 Å². The third kappa shape index (κ3) is 3.43. The normalized spacial score (nSPS) is 12.3. The minimum atomic E-state index is 0.0141. The van der Waals surface area contributed by atoms with Crippen molar-refractivity contribution in [3.8, 4) is 11.5 Å². The number of nitrogens with zero attached hydrogens (tertiary/aromatic N) is 3. The van der Waals surface area contributed by atoms with E-state index in [0.717, 1.165) is 11.0 Å². The zero-order valence-electron chi connectivity index (χ0n) is 14.2. The highest BCUT2D eigenvalue weighted by molar-refractivity contribution is 7.99. The molecule has 0 saturated heterocycles. The second kappa shape index (κ2) is 7.21. The van der Waals surface area contributed by atoms with E-state index in [2.05, 4.69) is 22.3 Å². The van der Waals surface area contributed by atoms with Gasteiger partial charge in [-0.25, -0.2) is 0 Å². The van der Waals surface area contributed by atoms with Crippen molar-refractivity contribution in [1.82, 2.24) is 14.8 Å². The number of aromatic nitrogens is 3. The Hall–Kier alpha value is -2.80. The van der Waals surface area contributed by atoms with Gasteiger partial charge in [-0.1, -0.05) is 42.1 Å². The molecular formula is C19H17N3O3S. The van der Waals surface area contributed by atoms with Crippen LogP contribution in [0.2, 0.25) is 0 Å². The van der Waals surface area contributed by atoms with Crippen molar-refractivity contribution in [3.05, 3.63) is 65.5 Å². The molecule has 0 aliphatic carbocycles. The van der Waals surface area contributed by atoms with Gasteiger partial charge < -0.3 is 14.0 Å². The summed E-state index contributed by atoms with van der Waals surface area (Å²) in [5.74, 6) is 2.41. The maximum absolute atomic E-state index is 12.5. The first-order chi connectivity index (χ1) is 12.7. The van der Waals surface area contributed by atoms with Crippen LogP contribution in [-0.2, 0) is 6.54 Å². The van der Waals surface area contributed by atoms with Crippen molar-refractivity contribution in [2.24, 2.45) is 0 Å². The minimum Gasteiger partial charge on any atom is -0.454 e. The van der Waals surface area contributed by atoms with E-state index in [1.807, 2.05) is 29.7 Å². The molecule has 0 saturated carbocycles. The number of fused-ring (bicyclic) bond motifs is 1. The van der Waals surface area contributed by atoms with Crippen LogP contribution in [0.25, 0.3) is 0 Å². The van der Waals surface area contributed by atoms with Crippen molar-refractivity contribution in [2.45, 2.75) is 18.6 Å². The maximum atomic E-state index is 12.5. The maximum Gasteiger partial charge on any atom is 0.231 e. The van der Waals surface area contributed by atoms with Crippen molar-refractivity contribution >= 4 is 17.5 Å². The largest absolute Gasteiger partial charge is 0.454 e. The van der Waals surface area contributed by atoms with Gasteiger partial charge >= 0.3 is 0 Å². The van der Waals surface area contributed by atoms with Crippen LogP contribution in [-0.4, -0.2) is 33.1 Å². The van der Waals surface area contributed by atoms with Crippen LogP contribution >= 0.6 is 11.8 Å². The number of hydrogen-bond donors (Lipinski definition) is 0. The molecule has 3 aromatic rings. The first kappa shape index (κ1) is 16.7. The van der Waals surface area contributed by atoms with Gasteiger partial charge in [0.2, 0.25) is 6.79 Å². The van der Waals surface area contributed by atoms with Crippen LogP contribution in [0.3, 0.4) is 0 Å². The zero-order chi connectivity index (χ0) is 17.9. The van der Waals surface area contributed by atoms with E-state index >= 15 is 0 Å². The lowest BCUT2D eigenvalue weighted by Crippen LogP contribution is -2.07. The second-order valence-corrected chi connectivity index (χ2v) is 6.82. The van der Waals surface area contributed by atoms with Gasteiger partial charge in [0.1, 0.15) is 5.82 Å². The summed E-state index contributed by atoms with van der Waals surface area (Å²) in [7, 11) is 0. The highest BCUT2D eigenvalue weighted by atomic mass is 32.2. The topological polar surface area (TPSA) is 66.2 Å². The molecule has 2 heterocycles. The Labute approximate surface area is 155 Å². The minimum absolute atomic E-state index is 0.0141. The number of carbonyl (C=O) groups is 1. The summed E-state index contributed by atoms with van der Waals surface area (Å²) in [4.78, 5) is 12.5. The number of hydrogen-bond acceptors (Lipinski definition) is 6. The molecule has 0 spiro atoms. The monoisotopic (exact) mass is 367 g/mol. The van der Waals surface area contributed by atoms with Crippen LogP contribution in [0.15, 0.2) is 53.7 Å². The van der Waals surface area contributed by atoms with Crippen molar-refractivity contribution < 1.29 is 14.3 Å². The zero-order valence-corrected chi connectivity index (χ0v) is 15.0. The highest BCUT2D eigenvalue weighted by Crippen LogP contribution is 2.33. The summed E-state index contributed by atoms with van der Waals surface area (Å²) in [6, 6.07) is 15.4. The molecule has 132 valence electrons. The molecule has 0 atom stereocenters. The number of rotatable bonds is 6. The summed E-state index contributed by atoms with van der Waals surface area (Å²) < 4.78 is 12.6. The number of carbonyl (C=O) groups excluding carboxylic acids is 1. The van der Waals surface area contributed by atoms with E-state index in [1.165, 1.54) is 17.3 Å². The van der Waals surface area contributed by atoms with Gasteiger partial charge in [0, 0.05) is 5.56 Å². The lowest BCUT2D eigenvalue weighted by atomic mass is 10.1. The van der Waals surface area contributed by atoms with Crippen LogP contribution in [0, 0.1) is 6.92 Å². The van der Waals surface area contributed by atoms with E-state index < -0.39 is 0 Å². The number of ether oxygens (including phenoxy) is 2. The standard InChI is InChI=1S/C19H17N3O3S/c1-13-20-21-19(22(13)10-14-5-3-2-4-6-14)26-11-16(23)15-7-8-17-18(9-15)25-12-24-17/h2-9H,10-12H2,1H3. The van der Waals surface area contributed by atoms with Crippen LogP contribution < -0.4 is 9.47 Å². The summed E-state index contributed by atoms with van der Waals surface area (Å²) in [6.45, 7) is 2.80. The summed E-state index contributed by atoms with van der Waals surface area (Å²) in [5, 5.41) is 9.11. The number of benzene rings is 2. The Morgan fingerprint density at radius 2 is 1.92 bits per heavy atom. The average molecular weight is 367 g/mol. The molecule has 7 heteroatoms. The van der Waals surface area contributed by atoms with E-state index in [9.17, 15) is 4.79 Å². The molecule has 0 unspecified atom stereocenters. The molecule has 1 aromatic heterocycles. The lowest BCUT2D eigenvalue weighted by Gasteiger charge is -2.08. The molecule has 4 rings (SSSR count). The second-order valence-electron chi connectivity index (χ2n) is 5.88. The first-order valence-electron chi connectivity index (χ1n) is 8.20. The summed E-state index contributed by atoms with van der Waals surface area (Å²) in [5.41, 5.74) is 1.77. The van der Waals surface area contributed by atoms with Crippen LogP contribution in [0.1, 0.15) is 21.7 Å². The molecule has 0 amide bonds. The predicted molar refractivity (Wildman–Crippen MR) is 97.9 cm³/mol. The van der Waals surface area contributed by atoms with E-state index in [-0.39, 0.29) is 18.3 Å². The average Bonchev–Trinajstić information content (AvgIpc) is 3.27. The van der Waals surface area contributed by atoms with Crippen molar-refractivity contribution in [3.63, 3.8) is 0 Å². The van der Waals surface area contributed by atoms with Crippen molar-refractivity contribution in [1.29, 1.82) is 0 Å². The molecule has 0 radical (unpaired) electrons. The molecule has 26 heavy (non-hydrogen) atoms. The fourth-order valence-corrected chi connectivity index (χ4v) is 3.58. The Morgan fingerprint density at radius 3 is 2.77 bits per heavy atom. The lowest BCUT2D eigenvalue weighted by molar-refractivity contribution is 0.102. The van der Waals surface area contributed by atoms with Gasteiger partial charge in [0.15, 0.2) is 22.4 Å². The third-order valence-corrected chi connectivity index (χ3v) is 5.08. The van der Waals surface area contributed by atoms with Crippen LogP contribution in [0.5, 0.6) is 11.5 Å². The number of Topliss-reactive ketones (excluding diaryl/α,β-unsaturated/α-hetero) is 1. The number of aryl methyl sites for hydroxylation is 1. The smallest absolute Gasteiger partial charge is 0.231 e. The Balaban J connectivity index is 1.46. The molecule has 1 aliphatic heterocycles. The van der Waals surface area contributed by atoms with Gasteiger partial charge in [-0.15, -0.1) is 10.2 Å². The SMILES string of the molecule is Cc1nnc(SCC(=O)c2ccc3c(c2)OCO3)n1Cc1ccccc1. The highest BCUT2D eigenvalue weighted by Gasteiger charge is 2.17. The number of thioether (sulfide) groups is 1.